The number of rotatable bonds is 6. The van der Waals surface area contributed by atoms with Crippen molar-refractivity contribution < 1.29 is 8.42 Å². The lowest BCUT2D eigenvalue weighted by Crippen LogP contribution is -2.42. The lowest BCUT2D eigenvalue weighted by atomic mass is 9.96. The van der Waals surface area contributed by atoms with Crippen molar-refractivity contribution in [3.63, 3.8) is 0 Å². The Bertz CT molecular complexity index is 655. The largest absolute Gasteiger partial charge is 0.356 e. The monoisotopic (exact) mass is 387 g/mol. The Kier molecular flexibility index (Phi) is 5.50. The van der Waals surface area contributed by atoms with E-state index in [4.69, 9.17) is 0 Å². The Morgan fingerprint density at radius 2 is 2.00 bits per heavy atom. The predicted molar refractivity (Wildman–Crippen MR) is 94.1 cm³/mol. The number of nitrogens with zero attached hydrogens (tertiary/aromatic N) is 1. The number of guanidine groups is 1. The van der Waals surface area contributed by atoms with Gasteiger partial charge in [0.2, 0.25) is 0 Å². The van der Waals surface area contributed by atoms with E-state index >= 15 is 0 Å². The van der Waals surface area contributed by atoms with E-state index in [9.17, 15) is 8.42 Å². The van der Waals surface area contributed by atoms with Crippen LogP contribution in [0.15, 0.2) is 33.7 Å². The summed E-state index contributed by atoms with van der Waals surface area (Å²) in [6.07, 6.45) is 3.52. The quantitative estimate of drug-likeness (QED) is 0.575. The van der Waals surface area contributed by atoms with Crippen LogP contribution in [0.25, 0.3) is 0 Å². The Hall–Kier alpha value is -1.08. The Labute approximate surface area is 140 Å². The molecule has 122 valence electrons. The number of hydrogen-bond acceptors (Lipinski definition) is 3. The third kappa shape index (κ3) is 4.71. The number of benzene rings is 1. The molecule has 0 atom stereocenters. The fourth-order valence-corrected chi connectivity index (χ4v) is 3.59. The van der Waals surface area contributed by atoms with E-state index in [-0.39, 0.29) is 11.2 Å². The van der Waals surface area contributed by atoms with Crippen molar-refractivity contribution in [1.29, 1.82) is 0 Å². The van der Waals surface area contributed by atoms with Gasteiger partial charge in [-0.05, 0) is 24.5 Å². The summed E-state index contributed by atoms with van der Waals surface area (Å²) in [5.41, 5.74) is 1.46. The fourth-order valence-electron chi connectivity index (χ4n) is 2.41. The molecule has 7 heteroatoms. The average molecular weight is 388 g/mol. The van der Waals surface area contributed by atoms with Crippen molar-refractivity contribution in [3.05, 3.63) is 34.3 Å². The molecule has 0 heterocycles. The van der Waals surface area contributed by atoms with E-state index in [1.807, 2.05) is 6.07 Å². The van der Waals surface area contributed by atoms with Gasteiger partial charge in [0.15, 0.2) is 5.96 Å². The second-order valence-corrected chi connectivity index (χ2v) is 8.86. The minimum Gasteiger partial charge on any atom is -0.356 e. The summed E-state index contributed by atoms with van der Waals surface area (Å²) in [7, 11) is -1.27. The molecule has 0 radical (unpaired) electrons. The molecule has 0 spiro atoms. The van der Waals surface area contributed by atoms with Crippen molar-refractivity contribution in [3.8, 4) is 0 Å². The third-order valence-corrected chi connectivity index (χ3v) is 5.52. The van der Waals surface area contributed by atoms with Crippen LogP contribution in [0.1, 0.15) is 18.4 Å². The van der Waals surface area contributed by atoms with Gasteiger partial charge >= 0.3 is 0 Å². The van der Waals surface area contributed by atoms with Gasteiger partial charge in [0.05, 0.1) is 5.75 Å². The van der Waals surface area contributed by atoms with Gasteiger partial charge in [-0.3, -0.25) is 4.99 Å². The molecule has 1 aliphatic rings. The first-order chi connectivity index (χ1) is 10.4. The minimum atomic E-state index is -2.96. The maximum atomic E-state index is 11.1. The highest BCUT2D eigenvalue weighted by atomic mass is 79.9. The van der Waals surface area contributed by atoms with Gasteiger partial charge < -0.3 is 10.6 Å². The topological polar surface area (TPSA) is 70.6 Å². The zero-order chi connectivity index (χ0) is 16.2. The number of halogens is 1. The Morgan fingerprint density at radius 1 is 1.32 bits per heavy atom. The summed E-state index contributed by atoms with van der Waals surface area (Å²) in [6, 6.07) is 8.29. The summed E-state index contributed by atoms with van der Waals surface area (Å²) >= 11 is 3.62. The normalized spacial score (nSPS) is 17.1. The molecular weight excluding hydrogens is 366 g/mol. The standard InChI is InChI=1S/C15H22BrN3O2S/c1-17-14(18-9-10-22(2,20)21)19-11-15(7-8-15)12-5-3-4-6-13(12)16/h3-6H,7-11H2,1-2H3,(H2,17,18,19). The molecule has 1 saturated carbocycles. The van der Waals surface area contributed by atoms with E-state index in [1.165, 1.54) is 11.8 Å². The van der Waals surface area contributed by atoms with Gasteiger partial charge in [0.1, 0.15) is 9.84 Å². The van der Waals surface area contributed by atoms with Crippen LogP contribution in [-0.4, -0.2) is 46.5 Å². The van der Waals surface area contributed by atoms with Crippen molar-refractivity contribution in [1.82, 2.24) is 10.6 Å². The van der Waals surface area contributed by atoms with Crippen molar-refractivity contribution >= 4 is 31.7 Å². The van der Waals surface area contributed by atoms with Crippen LogP contribution in [-0.2, 0) is 15.3 Å². The van der Waals surface area contributed by atoms with Crippen LogP contribution in [0.5, 0.6) is 0 Å². The fraction of sp³-hybridized carbons (Fsp3) is 0.533. The number of sulfone groups is 1. The summed E-state index contributed by atoms with van der Waals surface area (Å²) in [5, 5.41) is 6.35. The highest BCUT2D eigenvalue weighted by Gasteiger charge is 2.45. The second kappa shape index (κ2) is 7.00. The molecule has 1 aliphatic carbocycles. The maximum Gasteiger partial charge on any atom is 0.191 e. The maximum absolute atomic E-state index is 11.1. The van der Waals surface area contributed by atoms with E-state index in [0.717, 1.165) is 23.9 Å². The summed E-state index contributed by atoms with van der Waals surface area (Å²) in [4.78, 5) is 4.14. The van der Waals surface area contributed by atoms with Crippen LogP contribution in [0.3, 0.4) is 0 Å². The lowest BCUT2D eigenvalue weighted by molar-refractivity contribution is 0.599. The second-order valence-electron chi connectivity index (χ2n) is 5.74. The molecule has 2 rings (SSSR count). The van der Waals surface area contributed by atoms with Gasteiger partial charge in [-0.2, -0.15) is 0 Å². The van der Waals surface area contributed by atoms with E-state index in [2.05, 4.69) is 49.8 Å². The molecule has 0 saturated heterocycles. The number of aliphatic imine (C=N–C) groups is 1. The molecule has 22 heavy (non-hydrogen) atoms. The number of nitrogens with one attached hydrogen (secondary N) is 2. The third-order valence-electron chi connectivity index (χ3n) is 3.88. The van der Waals surface area contributed by atoms with Crippen LogP contribution >= 0.6 is 15.9 Å². The molecule has 0 amide bonds. The van der Waals surface area contributed by atoms with Crippen molar-refractivity contribution in [2.75, 3.05) is 32.1 Å². The molecule has 1 aromatic carbocycles. The first kappa shape index (κ1) is 17.3. The molecule has 2 N–H and O–H groups in total. The van der Waals surface area contributed by atoms with Gasteiger partial charge in [-0.1, -0.05) is 34.1 Å². The van der Waals surface area contributed by atoms with Gasteiger partial charge in [0, 0.05) is 36.3 Å². The smallest absolute Gasteiger partial charge is 0.191 e. The molecule has 5 nitrogen and oxygen atoms in total. The molecule has 0 aromatic heterocycles. The summed E-state index contributed by atoms with van der Waals surface area (Å²) in [5.74, 6) is 0.741. The van der Waals surface area contributed by atoms with Crippen LogP contribution in [0.2, 0.25) is 0 Å². The van der Waals surface area contributed by atoms with Crippen LogP contribution < -0.4 is 10.6 Å². The predicted octanol–water partition coefficient (Wildman–Crippen LogP) is 1.69. The van der Waals surface area contributed by atoms with E-state index in [0.29, 0.717) is 12.5 Å². The van der Waals surface area contributed by atoms with Crippen molar-refractivity contribution in [2.24, 2.45) is 4.99 Å². The summed E-state index contributed by atoms with van der Waals surface area (Å²) in [6.45, 7) is 1.15. The van der Waals surface area contributed by atoms with Gasteiger partial charge in [0.25, 0.3) is 0 Å². The molecule has 1 aromatic rings. The molecule has 0 bridgehead atoms. The van der Waals surface area contributed by atoms with Crippen LogP contribution in [0.4, 0.5) is 0 Å². The van der Waals surface area contributed by atoms with Gasteiger partial charge in [-0.25, -0.2) is 8.42 Å². The van der Waals surface area contributed by atoms with Crippen molar-refractivity contribution in [2.45, 2.75) is 18.3 Å². The van der Waals surface area contributed by atoms with E-state index < -0.39 is 9.84 Å². The van der Waals surface area contributed by atoms with Crippen LogP contribution in [0, 0.1) is 0 Å². The molecular formula is C15H22BrN3O2S. The lowest BCUT2D eigenvalue weighted by Gasteiger charge is -2.20. The zero-order valence-corrected chi connectivity index (χ0v) is 15.3. The Morgan fingerprint density at radius 3 is 2.55 bits per heavy atom. The first-order valence-corrected chi connectivity index (χ1v) is 10.1. The minimum absolute atomic E-state index is 0.100. The summed E-state index contributed by atoms with van der Waals surface area (Å²) < 4.78 is 23.4. The highest BCUT2D eigenvalue weighted by Crippen LogP contribution is 2.49. The first-order valence-electron chi connectivity index (χ1n) is 7.24. The molecule has 1 fully saturated rings. The molecule has 0 aliphatic heterocycles. The van der Waals surface area contributed by atoms with Gasteiger partial charge in [-0.15, -0.1) is 0 Å². The SMILES string of the molecule is CN=C(NCCS(C)(=O)=O)NCC1(c2ccccc2Br)CC1. The average Bonchev–Trinajstić information content (AvgIpc) is 3.23. The Balaban J connectivity index is 1.90. The van der Waals surface area contributed by atoms with E-state index in [1.54, 1.807) is 7.05 Å². The molecule has 0 unspecified atom stereocenters. The zero-order valence-electron chi connectivity index (χ0n) is 12.9. The highest BCUT2D eigenvalue weighted by molar-refractivity contribution is 9.10. The number of hydrogen-bond donors (Lipinski definition) is 2.